The van der Waals surface area contributed by atoms with E-state index in [0.29, 0.717) is 6.04 Å². The van der Waals surface area contributed by atoms with Gasteiger partial charge in [0.25, 0.3) is 0 Å². The molecule has 1 aliphatic heterocycles. The third kappa shape index (κ3) is 5.03. The van der Waals surface area contributed by atoms with E-state index in [1.54, 1.807) is 0 Å². The first-order chi connectivity index (χ1) is 9.00. The number of hydrogen-bond donors (Lipinski definition) is 2. The van der Waals surface area contributed by atoms with E-state index >= 15 is 0 Å². The van der Waals surface area contributed by atoms with Crippen LogP contribution in [0.3, 0.4) is 0 Å². The Hall–Kier alpha value is -0.160. The lowest BCUT2D eigenvalue weighted by Crippen LogP contribution is -2.58. The number of nitrogens with one attached hydrogen (secondary N) is 1. The van der Waals surface area contributed by atoms with Gasteiger partial charge < -0.3 is 15.3 Å². The zero-order valence-electron chi connectivity index (χ0n) is 12.9. The molecule has 0 spiro atoms. The normalized spacial score (nSPS) is 25.7. The molecule has 2 aliphatic rings. The Morgan fingerprint density at radius 3 is 2.21 bits per heavy atom. The van der Waals surface area contributed by atoms with Crippen molar-refractivity contribution in [2.45, 2.75) is 45.2 Å². The number of hydrogen-bond acceptors (Lipinski definition) is 4. The molecule has 1 heterocycles. The number of nitrogens with zero attached hydrogens (tertiary/aromatic N) is 2. The Morgan fingerprint density at radius 1 is 1.16 bits per heavy atom. The fourth-order valence-electron chi connectivity index (χ4n) is 3.00. The zero-order valence-corrected chi connectivity index (χ0v) is 12.9. The molecule has 1 unspecified atom stereocenters. The van der Waals surface area contributed by atoms with Gasteiger partial charge in [0.15, 0.2) is 0 Å². The van der Waals surface area contributed by atoms with Crippen molar-refractivity contribution in [3.05, 3.63) is 0 Å². The van der Waals surface area contributed by atoms with Crippen molar-refractivity contribution >= 4 is 0 Å². The van der Waals surface area contributed by atoms with Crippen molar-refractivity contribution < 1.29 is 5.11 Å². The first-order valence-electron chi connectivity index (χ1n) is 7.84. The highest BCUT2D eigenvalue weighted by Gasteiger charge is 2.34. The van der Waals surface area contributed by atoms with Gasteiger partial charge in [-0.2, -0.15) is 0 Å². The maximum absolute atomic E-state index is 9.66. The molecule has 0 radical (unpaired) electrons. The Balaban J connectivity index is 1.74. The van der Waals surface area contributed by atoms with E-state index in [1.807, 2.05) is 0 Å². The van der Waals surface area contributed by atoms with E-state index in [1.165, 1.54) is 32.5 Å². The molecule has 0 amide bonds. The van der Waals surface area contributed by atoms with Crippen LogP contribution < -0.4 is 5.32 Å². The van der Waals surface area contributed by atoms with E-state index < -0.39 is 0 Å². The predicted molar refractivity (Wildman–Crippen MR) is 79.4 cm³/mol. The molecule has 19 heavy (non-hydrogen) atoms. The molecular formula is C15H31N3O. The predicted octanol–water partition coefficient (Wildman–Crippen LogP) is 0.763. The highest BCUT2D eigenvalue weighted by Crippen LogP contribution is 2.23. The van der Waals surface area contributed by atoms with Gasteiger partial charge in [-0.1, -0.05) is 13.8 Å². The number of aliphatic hydroxyl groups is 1. The smallest absolute Gasteiger partial charge is 0.0623 e. The summed E-state index contributed by atoms with van der Waals surface area (Å²) in [6, 6.07) is 0.652. The average Bonchev–Trinajstić information content (AvgIpc) is 3.15. The Labute approximate surface area is 118 Å². The fourth-order valence-corrected chi connectivity index (χ4v) is 3.00. The van der Waals surface area contributed by atoms with Gasteiger partial charge in [-0.3, -0.25) is 4.90 Å². The third-order valence-corrected chi connectivity index (χ3v) is 4.14. The molecule has 0 aromatic rings. The first kappa shape index (κ1) is 15.2. The largest absolute Gasteiger partial charge is 0.394 e. The van der Waals surface area contributed by atoms with E-state index in [9.17, 15) is 5.11 Å². The van der Waals surface area contributed by atoms with Gasteiger partial charge in [0.1, 0.15) is 0 Å². The van der Waals surface area contributed by atoms with Gasteiger partial charge in [0.05, 0.1) is 12.1 Å². The van der Waals surface area contributed by atoms with Crippen LogP contribution in [0.5, 0.6) is 0 Å². The molecule has 112 valence electrons. The van der Waals surface area contributed by atoms with Crippen LogP contribution in [0.4, 0.5) is 0 Å². The van der Waals surface area contributed by atoms with Crippen LogP contribution in [-0.4, -0.2) is 72.4 Å². The SMILES string of the molecule is CC(C)CN1CCN(CC(C)(CO)NC2CC2)CC1. The molecule has 1 saturated heterocycles. The zero-order chi connectivity index (χ0) is 13.9. The minimum absolute atomic E-state index is 0.124. The molecule has 1 atom stereocenters. The quantitative estimate of drug-likeness (QED) is 0.716. The Kier molecular flexibility index (Phi) is 5.23. The van der Waals surface area contributed by atoms with Crippen LogP contribution in [-0.2, 0) is 0 Å². The van der Waals surface area contributed by atoms with E-state index in [0.717, 1.165) is 25.6 Å². The Bertz CT molecular complexity index is 273. The van der Waals surface area contributed by atoms with E-state index in [2.05, 4.69) is 35.9 Å². The summed E-state index contributed by atoms with van der Waals surface area (Å²) in [5.74, 6) is 0.755. The second-order valence-corrected chi connectivity index (χ2v) is 7.11. The van der Waals surface area contributed by atoms with Crippen molar-refractivity contribution in [3.8, 4) is 0 Å². The average molecular weight is 269 g/mol. The summed E-state index contributed by atoms with van der Waals surface area (Å²) >= 11 is 0. The summed E-state index contributed by atoms with van der Waals surface area (Å²) in [5.41, 5.74) is -0.124. The van der Waals surface area contributed by atoms with Crippen molar-refractivity contribution in [1.82, 2.24) is 15.1 Å². The summed E-state index contributed by atoms with van der Waals surface area (Å²) in [6.07, 6.45) is 2.55. The maximum atomic E-state index is 9.66. The van der Waals surface area contributed by atoms with Gasteiger partial charge in [-0.25, -0.2) is 0 Å². The van der Waals surface area contributed by atoms with Crippen molar-refractivity contribution in [1.29, 1.82) is 0 Å². The molecule has 0 aromatic heterocycles. The van der Waals surface area contributed by atoms with E-state index in [4.69, 9.17) is 0 Å². The second-order valence-electron chi connectivity index (χ2n) is 7.11. The standard InChI is InChI=1S/C15H31N3O/c1-13(2)10-17-6-8-18(9-7-17)11-15(3,12-19)16-14-4-5-14/h13-14,16,19H,4-12H2,1-3H3. The minimum Gasteiger partial charge on any atom is -0.394 e. The highest BCUT2D eigenvalue weighted by molar-refractivity contribution is 4.94. The minimum atomic E-state index is -0.124. The summed E-state index contributed by atoms with van der Waals surface area (Å²) in [5, 5.41) is 13.3. The van der Waals surface area contributed by atoms with Crippen molar-refractivity contribution in [2.75, 3.05) is 45.9 Å². The molecule has 1 aliphatic carbocycles. The molecule has 1 saturated carbocycles. The molecular weight excluding hydrogens is 238 g/mol. The van der Waals surface area contributed by atoms with Crippen LogP contribution in [0.1, 0.15) is 33.6 Å². The topological polar surface area (TPSA) is 38.7 Å². The van der Waals surface area contributed by atoms with Gasteiger partial charge >= 0.3 is 0 Å². The molecule has 2 fully saturated rings. The van der Waals surface area contributed by atoms with Crippen LogP contribution in [0.25, 0.3) is 0 Å². The van der Waals surface area contributed by atoms with Crippen molar-refractivity contribution in [3.63, 3.8) is 0 Å². The molecule has 0 aromatic carbocycles. The maximum Gasteiger partial charge on any atom is 0.0623 e. The lowest BCUT2D eigenvalue weighted by molar-refractivity contribution is 0.0736. The number of rotatable bonds is 7. The molecule has 2 rings (SSSR count). The summed E-state index contributed by atoms with van der Waals surface area (Å²) in [4.78, 5) is 5.06. The van der Waals surface area contributed by atoms with Gasteiger partial charge in [0.2, 0.25) is 0 Å². The van der Waals surface area contributed by atoms with Crippen LogP contribution in [0.2, 0.25) is 0 Å². The van der Waals surface area contributed by atoms with Gasteiger partial charge in [-0.05, 0) is 25.7 Å². The molecule has 2 N–H and O–H groups in total. The third-order valence-electron chi connectivity index (χ3n) is 4.14. The summed E-state index contributed by atoms with van der Waals surface area (Å²) in [7, 11) is 0. The van der Waals surface area contributed by atoms with Crippen LogP contribution >= 0.6 is 0 Å². The van der Waals surface area contributed by atoms with E-state index in [-0.39, 0.29) is 12.1 Å². The highest BCUT2D eigenvalue weighted by atomic mass is 16.3. The van der Waals surface area contributed by atoms with Gasteiger partial charge in [0, 0.05) is 45.3 Å². The first-order valence-corrected chi connectivity index (χ1v) is 7.84. The monoisotopic (exact) mass is 269 g/mol. The lowest BCUT2D eigenvalue weighted by Gasteiger charge is -2.40. The second kappa shape index (κ2) is 6.53. The van der Waals surface area contributed by atoms with Crippen molar-refractivity contribution in [2.24, 2.45) is 5.92 Å². The number of aliphatic hydroxyl groups excluding tert-OH is 1. The summed E-state index contributed by atoms with van der Waals surface area (Å²) in [6.45, 7) is 13.8. The lowest BCUT2D eigenvalue weighted by atomic mass is 10.0. The molecule has 4 heteroatoms. The Morgan fingerprint density at radius 2 is 1.74 bits per heavy atom. The molecule has 0 bridgehead atoms. The molecule has 4 nitrogen and oxygen atoms in total. The fraction of sp³-hybridized carbons (Fsp3) is 1.00. The summed E-state index contributed by atoms with van der Waals surface area (Å²) < 4.78 is 0. The van der Waals surface area contributed by atoms with Crippen LogP contribution in [0.15, 0.2) is 0 Å². The van der Waals surface area contributed by atoms with Crippen LogP contribution in [0, 0.1) is 5.92 Å². The number of piperazine rings is 1. The van der Waals surface area contributed by atoms with Gasteiger partial charge in [-0.15, -0.1) is 0 Å².